The minimum Gasteiger partial charge on any atom is -0.481 e. The number of aromatic nitrogens is 2. The van der Waals surface area contributed by atoms with Gasteiger partial charge in [-0.05, 0) is 6.07 Å². The molecule has 86 valence electrons. The zero-order valence-electron chi connectivity index (χ0n) is 8.80. The largest absolute Gasteiger partial charge is 0.481 e. The third-order valence-electron chi connectivity index (χ3n) is 2.26. The van der Waals surface area contributed by atoms with Crippen LogP contribution in [-0.4, -0.2) is 21.0 Å². The highest BCUT2D eigenvalue weighted by Crippen LogP contribution is 2.28. The number of rotatable bonds is 3. The van der Waals surface area contributed by atoms with Gasteiger partial charge in [0.1, 0.15) is 6.33 Å². The van der Waals surface area contributed by atoms with Crippen LogP contribution < -0.4 is 0 Å². The van der Waals surface area contributed by atoms with Crippen molar-refractivity contribution < 1.29 is 9.90 Å². The minimum absolute atomic E-state index is 0.0858. The van der Waals surface area contributed by atoms with Crippen molar-refractivity contribution in [3.63, 3.8) is 0 Å². The number of halogens is 1. The van der Waals surface area contributed by atoms with E-state index in [-0.39, 0.29) is 6.42 Å². The van der Waals surface area contributed by atoms with E-state index in [0.29, 0.717) is 11.3 Å². The number of carbonyl (C=O) groups is 1. The number of nitrogens with zero attached hydrogens (tertiary/aromatic N) is 2. The highest BCUT2D eigenvalue weighted by molar-refractivity contribution is 9.10. The van der Waals surface area contributed by atoms with Gasteiger partial charge in [0.05, 0.1) is 12.1 Å². The fourth-order valence-electron chi connectivity index (χ4n) is 1.55. The Morgan fingerprint density at radius 1 is 1.35 bits per heavy atom. The molecule has 0 aliphatic carbocycles. The van der Waals surface area contributed by atoms with Gasteiger partial charge in [0, 0.05) is 21.8 Å². The predicted molar refractivity (Wildman–Crippen MR) is 66.5 cm³/mol. The summed E-state index contributed by atoms with van der Waals surface area (Å²) in [5.41, 5.74) is 2.12. The van der Waals surface area contributed by atoms with Crippen LogP contribution >= 0.6 is 15.9 Å². The Labute approximate surface area is 106 Å². The summed E-state index contributed by atoms with van der Waals surface area (Å²) in [5, 5.41) is 8.84. The predicted octanol–water partition coefficient (Wildman–Crippen LogP) is 2.53. The molecule has 0 atom stereocenters. The highest BCUT2D eigenvalue weighted by atomic mass is 79.9. The molecule has 1 N–H and O–H groups in total. The smallest absolute Gasteiger partial charge is 0.307 e. The molecule has 0 saturated heterocycles. The van der Waals surface area contributed by atoms with E-state index in [2.05, 4.69) is 25.9 Å². The lowest BCUT2D eigenvalue weighted by Crippen LogP contribution is -2.04. The van der Waals surface area contributed by atoms with Crippen LogP contribution in [-0.2, 0) is 11.2 Å². The first-order valence-corrected chi connectivity index (χ1v) is 5.73. The van der Waals surface area contributed by atoms with Crippen LogP contribution in [0.3, 0.4) is 0 Å². The van der Waals surface area contributed by atoms with Crippen LogP contribution in [0.1, 0.15) is 5.56 Å². The summed E-state index contributed by atoms with van der Waals surface area (Å²) in [6, 6.07) is 7.55. The molecular weight excluding hydrogens is 284 g/mol. The summed E-state index contributed by atoms with van der Waals surface area (Å²) >= 11 is 3.43. The van der Waals surface area contributed by atoms with Crippen molar-refractivity contribution in [3.8, 4) is 11.3 Å². The first-order valence-electron chi connectivity index (χ1n) is 4.94. The maximum absolute atomic E-state index is 10.8. The molecule has 0 unspecified atom stereocenters. The average Bonchev–Trinajstić information content (AvgIpc) is 2.30. The Morgan fingerprint density at radius 3 is 2.82 bits per heavy atom. The molecule has 1 aromatic carbocycles. The Kier molecular flexibility index (Phi) is 3.49. The number of hydrogen-bond acceptors (Lipinski definition) is 3. The van der Waals surface area contributed by atoms with Crippen LogP contribution in [0.5, 0.6) is 0 Å². The fraction of sp³-hybridized carbons (Fsp3) is 0.0833. The molecule has 1 aromatic heterocycles. The van der Waals surface area contributed by atoms with Gasteiger partial charge in [0.15, 0.2) is 0 Å². The summed E-state index contributed by atoms with van der Waals surface area (Å²) in [6.45, 7) is 0. The van der Waals surface area contributed by atoms with E-state index in [0.717, 1.165) is 10.0 Å². The Hall–Kier alpha value is -1.75. The number of benzene rings is 1. The number of aliphatic carboxylic acids is 1. The molecule has 5 heteroatoms. The van der Waals surface area contributed by atoms with E-state index in [1.54, 1.807) is 0 Å². The molecule has 0 saturated carbocycles. The maximum Gasteiger partial charge on any atom is 0.307 e. The summed E-state index contributed by atoms with van der Waals surface area (Å²) in [4.78, 5) is 18.8. The van der Waals surface area contributed by atoms with Crippen LogP contribution in [0.4, 0.5) is 0 Å². The number of carboxylic acids is 1. The molecule has 2 rings (SSSR count). The second-order valence-electron chi connectivity index (χ2n) is 3.45. The van der Waals surface area contributed by atoms with Crippen LogP contribution in [0.2, 0.25) is 0 Å². The third kappa shape index (κ3) is 2.68. The quantitative estimate of drug-likeness (QED) is 0.944. The van der Waals surface area contributed by atoms with Crippen molar-refractivity contribution in [2.75, 3.05) is 0 Å². The van der Waals surface area contributed by atoms with Crippen molar-refractivity contribution in [1.29, 1.82) is 0 Å². The zero-order valence-corrected chi connectivity index (χ0v) is 10.4. The second kappa shape index (κ2) is 5.05. The Bertz CT molecular complexity index is 558. The summed E-state index contributed by atoms with van der Waals surface area (Å²) in [5.74, 6) is -0.895. The monoisotopic (exact) mass is 292 g/mol. The lowest BCUT2D eigenvalue weighted by Gasteiger charge is -2.07. The van der Waals surface area contributed by atoms with Gasteiger partial charge in [-0.1, -0.05) is 34.1 Å². The standard InChI is InChI=1S/C12H9BrN2O2/c13-10-4-2-1-3-9(10)12-8(5-11(16)17)6-14-7-15-12/h1-4,6-7H,5H2,(H,16,17). The van der Waals surface area contributed by atoms with Gasteiger partial charge in [0.2, 0.25) is 0 Å². The SMILES string of the molecule is O=C(O)Cc1cncnc1-c1ccccc1Br. The van der Waals surface area contributed by atoms with Crippen molar-refractivity contribution in [2.45, 2.75) is 6.42 Å². The van der Waals surface area contributed by atoms with E-state index < -0.39 is 5.97 Å². The van der Waals surface area contributed by atoms with Crippen LogP contribution in [0, 0.1) is 0 Å². The molecule has 17 heavy (non-hydrogen) atoms. The van der Waals surface area contributed by atoms with E-state index in [9.17, 15) is 4.79 Å². The van der Waals surface area contributed by atoms with E-state index >= 15 is 0 Å². The van der Waals surface area contributed by atoms with Crippen molar-refractivity contribution in [3.05, 3.63) is 46.8 Å². The number of hydrogen-bond donors (Lipinski definition) is 1. The normalized spacial score (nSPS) is 10.2. The van der Waals surface area contributed by atoms with Gasteiger partial charge >= 0.3 is 5.97 Å². The first-order chi connectivity index (χ1) is 8.18. The molecule has 0 bridgehead atoms. The Balaban J connectivity index is 2.52. The summed E-state index contributed by atoms with van der Waals surface area (Å²) < 4.78 is 0.880. The van der Waals surface area contributed by atoms with Gasteiger partial charge < -0.3 is 5.11 Å². The van der Waals surface area contributed by atoms with E-state index in [1.165, 1.54) is 12.5 Å². The average molecular weight is 293 g/mol. The lowest BCUT2D eigenvalue weighted by molar-refractivity contribution is -0.136. The molecular formula is C12H9BrN2O2. The molecule has 0 fully saturated rings. The van der Waals surface area contributed by atoms with Gasteiger partial charge in [0.25, 0.3) is 0 Å². The lowest BCUT2D eigenvalue weighted by atomic mass is 10.1. The molecule has 0 radical (unpaired) electrons. The van der Waals surface area contributed by atoms with Crippen LogP contribution in [0.25, 0.3) is 11.3 Å². The van der Waals surface area contributed by atoms with Crippen molar-refractivity contribution in [1.82, 2.24) is 9.97 Å². The summed E-state index contributed by atoms with van der Waals surface area (Å²) in [6.07, 6.45) is 2.87. The molecule has 0 aliphatic heterocycles. The topological polar surface area (TPSA) is 63.1 Å². The Morgan fingerprint density at radius 2 is 2.12 bits per heavy atom. The first kappa shape index (κ1) is 11.7. The van der Waals surface area contributed by atoms with Crippen molar-refractivity contribution >= 4 is 21.9 Å². The molecule has 1 heterocycles. The zero-order chi connectivity index (χ0) is 12.3. The van der Waals surface area contributed by atoms with Gasteiger partial charge in [-0.3, -0.25) is 4.79 Å². The summed E-state index contributed by atoms with van der Waals surface area (Å²) in [7, 11) is 0. The minimum atomic E-state index is -0.895. The molecule has 0 spiro atoms. The third-order valence-corrected chi connectivity index (χ3v) is 2.95. The van der Waals surface area contributed by atoms with Crippen molar-refractivity contribution in [2.24, 2.45) is 0 Å². The number of carboxylic acid groups (broad SMARTS) is 1. The van der Waals surface area contributed by atoms with E-state index in [4.69, 9.17) is 5.11 Å². The molecule has 0 aliphatic rings. The highest BCUT2D eigenvalue weighted by Gasteiger charge is 2.12. The molecule has 0 amide bonds. The second-order valence-corrected chi connectivity index (χ2v) is 4.30. The van der Waals surface area contributed by atoms with Gasteiger partial charge in [-0.2, -0.15) is 0 Å². The fourth-order valence-corrected chi connectivity index (χ4v) is 2.02. The molecule has 4 nitrogen and oxygen atoms in total. The van der Waals surface area contributed by atoms with Gasteiger partial charge in [-0.15, -0.1) is 0 Å². The van der Waals surface area contributed by atoms with Gasteiger partial charge in [-0.25, -0.2) is 9.97 Å². The van der Waals surface area contributed by atoms with E-state index in [1.807, 2.05) is 24.3 Å². The van der Waals surface area contributed by atoms with Crippen LogP contribution in [0.15, 0.2) is 41.3 Å². The maximum atomic E-state index is 10.8. The molecule has 2 aromatic rings.